The van der Waals surface area contributed by atoms with Gasteiger partial charge >= 0.3 is 0 Å². The lowest BCUT2D eigenvalue weighted by atomic mass is 10.1. The van der Waals surface area contributed by atoms with Crippen LogP contribution in [0, 0.1) is 0 Å². The zero-order valence-corrected chi connectivity index (χ0v) is 10.3. The number of likely N-dealkylation sites (N-methyl/N-ethyl adjacent to an activating group) is 1. The number of hydrogen-bond acceptors (Lipinski definition) is 3. The Labute approximate surface area is 96.1 Å². The van der Waals surface area contributed by atoms with Crippen LogP contribution >= 0.6 is 0 Å². The van der Waals surface area contributed by atoms with Crippen molar-refractivity contribution >= 4 is 15.7 Å². The number of nitrogens with one attached hydrogen (secondary N) is 2. The molecule has 0 spiro atoms. The molecule has 0 saturated carbocycles. The molecular weight excluding hydrogens is 224 g/mol. The van der Waals surface area contributed by atoms with Crippen LogP contribution in [-0.4, -0.2) is 27.8 Å². The molecule has 1 aliphatic rings. The smallest absolute Gasteiger partial charge is 0.229 e. The van der Waals surface area contributed by atoms with Crippen molar-refractivity contribution in [1.29, 1.82) is 0 Å². The summed E-state index contributed by atoms with van der Waals surface area (Å²) in [7, 11) is -1.23. The molecule has 0 aliphatic heterocycles. The van der Waals surface area contributed by atoms with Crippen molar-refractivity contribution in [2.75, 3.05) is 18.0 Å². The average Bonchev–Trinajstić information content (AvgIpc) is 2.57. The van der Waals surface area contributed by atoms with Crippen LogP contribution in [0.2, 0.25) is 0 Å². The second-order valence-electron chi connectivity index (χ2n) is 4.25. The third kappa shape index (κ3) is 2.54. The van der Waals surface area contributed by atoms with Crippen LogP contribution in [0.25, 0.3) is 0 Å². The first-order valence-corrected chi connectivity index (χ1v) is 7.14. The van der Waals surface area contributed by atoms with Crippen molar-refractivity contribution in [3.8, 4) is 0 Å². The van der Waals surface area contributed by atoms with E-state index in [-0.39, 0.29) is 0 Å². The van der Waals surface area contributed by atoms with Crippen molar-refractivity contribution in [2.45, 2.75) is 18.9 Å². The molecule has 4 nitrogen and oxygen atoms in total. The van der Waals surface area contributed by atoms with Crippen molar-refractivity contribution in [3.05, 3.63) is 29.3 Å². The van der Waals surface area contributed by atoms with Gasteiger partial charge in [-0.05, 0) is 43.1 Å². The van der Waals surface area contributed by atoms with E-state index in [9.17, 15) is 8.42 Å². The molecule has 1 aromatic carbocycles. The molecule has 0 amide bonds. The highest BCUT2D eigenvalue weighted by atomic mass is 32.2. The van der Waals surface area contributed by atoms with Crippen LogP contribution in [-0.2, 0) is 22.9 Å². The Bertz CT molecular complexity index is 497. The molecule has 0 radical (unpaired) electrons. The van der Waals surface area contributed by atoms with Gasteiger partial charge in [-0.15, -0.1) is 0 Å². The summed E-state index contributed by atoms with van der Waals surface area (Å²) in [6.45, 7) is 0. The number of fused-ring (bicyclic) bond motifs is 1. The van der Waals surface area contributed by atoms with E-state index in [1.807, 2.05) is 25.2 Å². The Morgan fingerprint density at radius 1 is 1.25 bits per heavy atom. The van der Waals surface area contributed by atoms with Crippen LogP contribution < -0.4 is 10.0 Å². The Morgan fingerprint density at radius 2 is 1.94 bits per heavy atom. The molecule has 0 aromatic heterocycles. The molecule has 0 saturated heterocycles. The lowest BCUT2D eigenvalue weighted by Gasteiger charge is -2.06. The van der Waals surface area contributed by atoms with E-state index >= 15 is 0 Å². The fraction of sp³-hybridized carbons (Fsp3) is 0.455. The minimum Gasteiger partial charge on any atom is -0.316 e. The van der Waals surface area contributed by atoms with Crippen LogP contribution in [0.3, 0.4) is 0 Å². The molecule has 1 unspecified atom stereocenters. The maximum Gasteiger partial charge on any atom is 0.229 e. The maximum atomic E-state index is 11.1. The molecule has 2 rings (SSSR count). The van der Waals surface area contributed by atoms with Gasteiger partial charge in [0, 0.05) is 11.7 Å². The van der Waals surface area contributed by atoms with Gasteiger partial charge < -0.3 is 5.32 Å². The van der Waals surface area contributed by atoms with Crippen LogP contribution in [0.4, 0.5) is 5.69 Å². The molecule has 0 heterocycles. The molecule has 2 N–H and O–H groups in total. The molecule has 88 valence electrons. The van der Waals surface area contributed by atoms with E-state index in [0.717, 1.165) is 19.1 Å². The first kappa shape index (κ1) is 11.4. The van der Waals surface area contributed by atoms with E-state index in [0.29, 0.717) is 11.7 Å². The Hall–Kier alpha value is -1.07. The summed E-state index contributed by atoms with van der Waals surface area (Å²) < 4.78 is 24.7. The fourth-order valence-electron chi connectivity index (χ4n) is 2.10. The first-order chi connectivity index (χ1) is 7.48. The van der Waals surface area contributed by atoms with Gasteiger partial charge in [-0.3, -0.25) is 4.72 Å². The van der Waals surface area contributed by atoms with Crippen molar-refractivity contribution in [2.24, 2.45) is 0 Å². The number of benzene rings is 1. The van der Waals surface area contributed by atoms with Gasteiger partial charge in [0.1, 0.15) is 0 Å². The lowest BCUT2D eigenvalue weighted by Crippen LogP contribution is -2.24. The Morgan fingerprint density at radius 3 is 2.56 bits per heavy atom. The number of sulfonamides is 1. The Balaban J connectivity index is 2.22. The summed E-state index contributed by atoms with van der Waals surface area (Å²) in [4.78, 5) is 0. The quantitative estimate of drug-likeness (QED) is 0.819. The van der Waals surface area contributed by atoms with Crippen LogP contribution in [0.15, 0.2) is 18.2 Å². The highest BCUT2D eigenvalue weighted by Crippen LogP contribution is 2.25. The molecule has 1 aromatic rings. The van der Waals surface area contributed by atoms with Gasteiger partial charge in [0.15, 0.2) is 0 Å². The summed E-state index contributed by atoms with van der Waals surface area (Å²) >= 11 is 0. The third-order valence-corrected chi connectivity index (χ3v) is 3.46. The SMILES string of the molecule is CNC1Cc2ccc(NS(C)(=O)=O)cc2C1. The van der Waals surface area contributed by atoms with E-state index in [2.05, 4.69) is 10.0 Å². The number of hydrogen-bond donors (Lipinski definition) is 2. The van der Waals surface area contributed by atoms with Gasteiger partial charge in [-0.25, -0.2) is 8.42 Å². The predicted molar refractivity (Wildman–Crippen MR) is 65.2 cm³/mol. The first-order valence-electron chi connectivity index (χ1n) is 5.25. The summed E-state index contributed by atoms with van der Waals surface area (Å²) in [6.07, 6.45) is 3.15. The average molecular weight is 240 g/mol. The highest BCUT2D eigenvalue weighted by molar-refractivity contribution is 7.92. The van der Waals surface area contributed by atoms with Gasteiger partial charge in [0.2, 0.25) is 10.0 Å². The van der Waals surface area contributed by atoms with Crippen LogP contribution in [0.1, 0.15) is 11.1 Å². The molecule has 1 aliphatic carbocycles. The number of anilines is 1. The standard InChI is InChI=1S/C11H16N2O2S/c1-12-11-5-8-3-4-10(6-9(8)7-11)13-16(2,14)15/h3-4,6,11-13H,5,7H2,1-2H3. The minimum atomic E-state index is -3.18. The van der Waals surface area contributed by atoms with Gasteiger partial charge in [0.05, 0.1) is 6.26 Å². The predicted octanol–water partition coefficient (Wildman–Crippen LogP) is 0.745. The molecule has 0 fully saturated rings. The second kappa shape index (κ2) is 4.07. The van der Waals surface area contributed by atoms with Gasteiger partial charge in [0.25, 0.3) is 0 Å². The molecule has 16 heavy (non-hydrogen) atoms. The molecule has 0 bridgehead atoms. The zero-order chi connectivity index (χ0) is 11.8. The molecule has 5 heteroatoms. The summed E-state index contributed by atoms with van der Waals surface area (Å²) in [5.41, 5.74) is 3.18. The molecule has 1 atom stereocenters. The third-order valence-electron chi connectivity index (χ3n) is 2.85. The minimum absolute atomic E-state index is 0.475. The van der Waals surface area contributed by atoms with Crippen molar-refractivity contribution < 1.29 is 8.42 Å². The zero-order valence-electron chi connectivity index (χ0n) is 9.45. The summed E-state index contributed by atoms with van der Waals surface area (Å²) in [5, 5.41) is 3.24. The van der Waals surface area contributed by atoms with Crippen molar-refractivity contribution in [3.63, 3.8) is 0 Å². The van der Waals surface area contributed by atoms with E-state index < -0.39 is 10.0 Å². The second-order valence-corrected chi connectivity index (χ2v) is 6.00. The monoisotopic (exact) mass is 240 g/mol. The Kier molecular flexibility index (Phi) is 2.90. The lowest BCUT2D eigenvalue weighted by molar-refractivity contribution is 0.593. The summed E-state index contributed by atoms with van der Waals surface area (Å²) in [5.74, 6) is 0. The number of rotatable bonds is 3. The normalized spacial score (nSPS) is 19.5. The van der Waals surface area contributed by atoms with Crippen molar-refractivity contribution in [1.82, 2.24) is 5.32 Å². The maximum absolute atomic E-state index is 11.1. The van der Waals surface area contributed by atoms with E-state index in [1.165, 1.54) is 11.1 Å². The van der Waals surface area contributed by atoms with E-state index in [1.54, 1.807) is 0 Å². The van der Waals surface area contributed by atoms with E-state index in [4.69, 9.17) is 0 Å². The fourth-order valence-corrected chi connectivity index (χ4v) is 2.65. The summed E-state index contributed by atoms with van der Waals surface area (Å²) in [6, 6.07) is 6.22. The molecular formula is C11H16N2O2S. The van der Waals surface area contributed by atoms with Gasteiger partial charge in [-0.1, -0.05) is 6.07 Å². The highest BCUT2D eigenvalue weighted by Gasteiger charge is 2.20. The van der Waals surface area contributed by atoms with Crippen LogP contribution in [0.5, 0.6) is 0 Å². The topological polar surface area (TPSA) is 58.2 Å². The van der Waals surface area contributed by atoms with Gasteiger partial charge in [-0.2, -0.15) is 0 Å². The largest absolute Gasteiger partial charge is 0.316 e.